The number of hydrogen-bond acceptors (Lipinski definition) is 10. The molecule has 0 unspecified atom stereocenters. The number of nitrogens with zero attached hydrogens (tertiary/aromatic N) is 5. The molecule has 0 spiro atoms. The molecule has 15 nitrogen and oxygen atoms in total. The van der Waals surface area contributed by atoms with E-state index in [1.807, 2.05) is 86.6 Å². The summed E-state index contributed by atoms with van der Waals surface area (Å²) in [4.78, 5) is 63.4. The van der Waals surface area contributed by atoms with E-state index in [9.17, 15) is 29.4 Å². The number of hydrogen-bond donors (Lipinski definition) is 5. The van der Waals surface area contributed by atoms with E-state index in [2.05, 4.69) is 26.0 Å². The van der Waals surface area contributed by atoms with Gasteiger partial charge < -0.3 is 25.6 Å². The number of alkyl carbamates (subject to hydrolysis) is 1. The fourth-order valence-corrected chi connectivity index (χ4v) is 6.90. The Morgan fingerprint density at radius 2 is 1.53 bits per heavy atom. The molecule has 0 bridgehead atoms. The predicted octanol–water partition coefficient (Wildman–Crippen LogP) is 4.84. The van der Waals surface area contributed by atoms with Crippen molar-refractivity contribution in [3.8, 4) is 17.1 Å². The predicted molar refractivity (Wildman–Crippen MR) is 227 cm³/mol. The lowest BCUT2D eigenvalue weighted by Gasteiger charge is -2.35. The van der Waals surface area contributed by atoms with Crippen molar-refractivity contribution in [1.82, 2.24) is 40.2 Å². The quantitative estimate of drug-likeness (QED) is 0.0765. The van der Waals surface area contributed by atoms with Gasteiger partial charge in [0.15, 0.2) is 0 Å². The minimum Gasteiger partial charge on any atom is -0.493 e. The molecule has 5 N–H and O–H groups in total. The van der Waals surface area contributed by atoms with Gasteiger partial charge in [-0.1, -0.05) is 108 Å². The van der Waals surface area contributed by atoms with Crippen LogP contribution >= 0.6 is 0 Å². The molecule has 0 saturated heterocycles. The zero-order valence-corrected chi connectivity index (χ0v) is 35.0. The molecule has 0 fully saturated rings. The summed E-state index contributed by atoms with van der Waals surface area (Å²) in [5, 5.41) is 30.3. The Morgan fingerprint density at radius 1 is 0.867 bits per heavy atom. The van der Waals surface area contributed by atoms with Crippen molar-refractivity contribution in [3.05, 3.63) is 137 Å². The van der Waals surface area contributed by atoms with E-state index in [0.29, 0.717) is 12.1 Å². The zero-order chi connectivity index (χ0) is 43.4. The average Bonchev–Trinajstić information content (AvgIpc) is 3.50. The molecule has 5 aromatic rings. The zero-order valence-electron chi connectivity index (χ0n) is 35.0. The summed E-state index contributed by atoms with van der Waals surface area (Å²) in [6, 6.07) is 24.9. The van der Waals surface area contributed by atoms with Gasteiger partial charge in [0.2, 0.25) is 11.8 Å². The number of aliphatic hydroxyl groups excluding tert-OH is 1. The third-order valence-electron chi connectivity index (χ3n) is 10.4. The van der Waals surface area contributed by atoms with Gasteiger partial charge >= 0.3 is 11.8 Å². The van der Waals surface area contributed by atoms with Crippen molar-refractivity contribution in [2.75, 3.05) is 13.7 Å². The number of ether oxygens (including phenoxy) is 1. The number of pyridine rings is 2. The molecule has 3 amide bonds. The molecule has 0 radical (unpaired) electrons. The molecule has 60 heavy (non-hydrogen) atoms. The second-order valence-corrected chi connectivity index (χ2v) is 16.0. The summed E-state index contributed by atoms with van der Waals surface area (Å²) in [6.45, 7) is 9.15. The van der Waals surface area contributed by atoms with Gasteiger partial charge in [0, 0.05) is 31.0 Å². The molecule has 15 heteroatoms. The van der Waals surface area contributed by atoms with Crippen LogP contribution in [0.2, 0.25) is 0 Å². The van der Waals surface area contributed by atoms with E-state index in [4.69, 9.17) is 4.74 Å². The minimum absolute atomic E-state index is 0.00133. The van der Waals surface area contributed by atoms with Crippen LogP contribution in [0.4, 0.5) is 4.79 Å². The number of rotatable bonds is 18. The van der Waals surface area contributed by atoms with Crippen molar-refractivity contribution < 1.29 is 29.3 Å². The van der Waals surface area contributed by atoms with Gasteiger partial charge in [0.1, 0.15) is 12.1 Å². The van der Waals surface area contributed by atoms with Crippen LogP contribution in [0.15, 0.2) is 114 Å². The van der Waals surface area contributed by atoms with Crippen LogP contribution in [0, 0.1) is 11.3 Å². The summed E-state index contributed by atoms with van der Waals surface area (Å²) < 4.78 is 7.20. The minimum atomic E-state index is -1.28. The number of imidazole rings is 1. The van der Waals surface area contributed by atoms with Gasteiger partial charge in [-0.3, -0.25) is 34.1 Å². The third-order valence-corrected chi connectivity index (χ3v) is 10.4. The molecule has 2 aromatic carbocycles. The number of hydrazine groups is 1. The fourth-order valence-electron chi connectivity index (χ4n) is 6.90. The van der Waals surface area contributed by atoms with Crippen LogP contribution in [0.25, 0.3) is 11.3 Å². The largest absolute Gasteiger partial charge is 0.493 e. The van der Waals surface area contributed by atoms with Gasteiger partial charge in [-0.15, -0.1) is 0 Å². The Morgan fingerprint density at radius 3 is 2.13 bits per heavy atom. The van der Waals surface area contributed by atoms with Crippen LogP contribution in [-0.2, 0) is 33.8 Å². The van der Waals surface area contributed by atoms with E-state index in [-0.39, 0.29) is 37.9 Å². The van der Waals surface area contributed by atoms with E-state index < -0.39 is 53.2 Å². The van der Waals surface area contributed by atoms with Crippen LogP contribution in [0.3, 0.4) is 0 Å². The Balaban J connectivity index is 1.46. The monoisotopic (exact) mass is 820 g/mol. The molecule has 3 aromatic heterocycles. The van der Waals surface area contributed by atoms with Crippen molar-refractivity contribution in [2.45, 2.75) is 84.8 Å². The van der Waals surface area contributed by atoms with Crippen molar-refractivity contribution in [1.29, 1.82) is 0 Å². The maximum atomic E-state index is 14.5. The van der Waals surface area contributed by atoms with Crippen LogP contribution < -0.4 is 21.7 Å². The van der Waals surface area contributed by atoms with E-state index in [0.717, 1.165) is 27.0 Å². The topological polar surface area (TPSA) is 193 Å². The lowest BCUT2D eigenvalue weighted by Crippen LogP contribution is -2.59. The lowest BCUT2D eigenvalue weighted by atomic mass is 9.86. The van der Waals surface area contributed by atoms with E-state index in [1.165, 1.54) is 17.9 Å². The molecule has 0 aliphatic rings. The van der Waals surface area contributed by atoms with Crippen LogP contribution in [0.5, 0.6) is 5.88 Å². The van der Waals surface area contributed by atoms with Gasteiger partial charge in [0.25, 0.3) is 5.91 Å². The molecule has 3 heterocycles. The average molecular weight is 821 g/mol. The molecule has 0 aliphatic heterocycles. The summed E-state index contributed by atoms with van der Waals surface area (Å²) in [6.07, 6.45) is 3.24. The van der Waals surface area contributed by atoms with Gasteiger partial charge in [-0.2, -0.15) is 0 Å². The number of aromatic hydroxyl groups is 1. The van der Waals surface area contributed by atoms with Gasteiger partial charge in [-0.05, 0) is 53.1 Å². The first-order chi connectivity index (χ1) is 28.7. The second-order valence-electron chi connectivity index (χ2n) is 16.0. The maximum absolute atomic E-state index is 14.5. The fraction of sp³-hybridized carbons (Fsp3) is 0.378. The van der Waals surface area contributed by atoms with Gasteiger partial charge in [-0.25, -0.2) is 14.6 Å². The van der Waals surface area contributed by atoms with Crippen molar-refractivity contribution in [3.63, 3.8) is 0 Å². The SMILES string of the molecule is CC[C@H](C)[C@@H](C(=O)N[C@@H](Cc1ccccc1)[C@@H](O)CN(Cc1ccc(-c2ccccn2)cc1)NC(=O)[C@@H](NC(=O)OC)C(C)(C)C)n1cc(O)n(Cc2ccccn2)c1=O. The second kappa shape index (κ2) is 20.6. The number of carbonyl (C=O) groups excluding carboxylic acids is 3. The molecule has 0 saturated carbocycles. The number of amides is 3. The molecular formula is C45H56N8O7. The standard InChI is InChI=1S/C45H56N8O7/c1-7-30(2)39(53-29-38(55)52(44(53)59)27-34-17-11-13-23-46-34)41(56)48-36(25-31-15-9-8-10-16-31)37(54)28-51(50-42(57)40(45(3,4)5)49-43(58)60-6)26-32-19-21-33(22-20-32)35-18-12-14-24-47-35/h8-24,29-30,36-37,39-40,54-55H,7,25-28H2,1-6H3,(H,48,56)(H,49,58)(H,50,57)/t30-,36-,37-,39-,40+/m0/s1. The number of nitrogens with one attached hydrogen (secondary N) is 3. The number of benzene rings is 2. The highest BCUT2D eigenvalue weighted by atomic mass is 16.5. The number of methoxy groups -OCH3 is 1. The molecule has 0 aliphatic carbocycles. The first kappa shape index (κ1) is 44.8. The summed E-state index contributed by atoms with van der Waals surface area (Å²) in [5.74, 6) is -1.75. The molecule has 5 atom stereocenters. The Hall–Kier alpha value is -6.32. The first-order valence-corrected chi connectivity index (χ1v) is 20.0. The lowest BCUT2D eigenvalue weighted by molar-refractivity contribution is -0.132. The highest BCUT2D eigenvalue weighted by Gasteiger charge is 2.36. The van der Waals surface area contributed by atoms with Crippen molar-refractivity contribution in [2.24, 2.45) is 11.3 Å². The number of aliphatic hydroxyl groups is 1. The highest BCUT2D eigenvalue weighted by Crippen LogP contribution is 2.25. The Bertz CT molecular complexity index is 2210. The summed E-state index contributed by atoms with van der Waals surface area (Å²) >= 11 is 0. The number of aromatic nitrogens is 4. The van der Waals surface area contributed by atoms with Gasteiger partial charge in [0.05, 0.1) is 43.4 Å². The normalized spacial score (nSPS) is 14.1. The molecule has 5 rings (SSSR count). The van der Waals surface area contributed by atoms with Crippen molar-refractivity contribution >= 4 is 17.9 Å². The third kappa shape index (κ3) is 11.9. The van der Waals surface area contributed by atoms with E-state index >= 15 is 0 Å². The number of carbonyl (C=O) groups is 3. The molecular weight excluding hydrogens is 765 g/mol. The Labute approximate surface area is 350 Å². The summed E-state index contributed by atoms with van der Waals surface area (Å²) in [7, 11) is 1.22. The van der Waals surface area contributed by atoms with Crippen LogP contribution in [-0.4, -0.2) is 84.1 Å². The van der Waals surface area contributed by atoms with Crippen LogP contribution in [0.1, 0.15) is 63.9 Å². The molecule has 318 valence electrons. The van der Waals surface area contributed by atoms with E-state index in [1.54, 1.807) is 56.4 Å². The Kier molecular flexibility index (Phi) is 15.4. The smallest absolute Gasteiger partial charge is 0.407 e. The maximum Gasteiger partial charge on any atom is 0.407 e. The highest BCUT2D eigenvalue weighted by molar-refractivity contribution is 5.86. The first-order valence-electron chi connectivity index (χ1n) is 20.0. The summed E-state index contributed by atoms with van der Waals surface area (Å²) in [5.41, 5.74) is 5.47.